The van der Waals surface area contributed by atoms with Gasteiger partial charge in [-0.3, -0.25) is 9.36 Å². The molecular formula is C18H18FN3O2. The van der Waals surface area contributed by atoms with E-state index in [9.17, 15) is 14.0 Å². The molecule has 1 N–H and O–H groups in total. The van der Waals surface area contributed by atoms with Gasteiger partial charge < -0.3 is 9.88 Å². The first-order chi connectivity index (χ1) is 11.5. The van der Waals surface area contributed by atoms with Crippen LogP contribution in [0.2, 0.25) is 0 Å². The van der Waals surface area contributed by atoms with Gasteiger partial charge in [-0.25, -0.2) is 9.18 Å². The number of hydrogen-bond acceptors (Lipinski definition) is 2. The highest BCUT2D eigenvalue weighted by Gasteiger charge is 2.17. The summed E-state index contributed by atoms with van der Waals surface area (Å²) in [6.07, 6.45) is 0. The van der Waals surface area contributed by atoms with Gasteiger partial charge in [-0.1, -0.05) is 12.1 Å². The van der Waals surface area contributed by atoms with Crippen molar-refractivity contribution >= 4 is 22.6 Å². The van der Waals surface area contributed by atoms with E-state index in [4.69, 9.17) is 0 Å². The van der Waals surface area contributed by atoms with E-state index in [2.05, 4.69) is 4.98 Å². The number of aromatic nitrogens is 2. The summed E-state index contributed by atoms with van der Waals surface area (Å²) in [6.45, 7) is 4.23. The Balaban J connectivity index is 1.94. The third kappa shape index (κ3) is 2.95. The van der Waals surface area contributed by atoms with Crippen LogP contribution in [0.15, 0.2) is 47.3 Å². The summed E-state index contributed by atoms with van der Waals surface area (Å²) in [5.74, 6) is -0.632. The molecule has 1 heterocycles. The van der Waals surface area contributed by atoms with Crippen molar-refractivity contribution in [2.75, 3.05) is 11.4 Å². The third-order valence-electron chi connectivity index (χ3n) is 3.96. The number of amides is 1. The van der Waals surface area contributed by atoms with Crippen molar-refractivity contribution in [1.82, 2.24) is 9.55 Å². The minimum absolute atomic E-state index is 0.105. The van der Waals surface area contributed by atoms with Crippen LogP contribution in [0.1, 0.15) is 12.5 Å². The van der Waals surface area contributed by atoms with Crippen molar-refractivity contribution in [2.45, 2.75) is 20.4 Å². The molecule has 0 spiro atoms. The number of halogens is 1. The Morgan fingerprint density at radius 1 is 1.25 bits per heavy atom. The van der Waals surface area contributed by atoms with Gasteiger partial charge in [-0.2, -0.15) is 0 Å². The molecule has 0 aliphatic carbocycles. The predicted octanol–water partition coefficient (Wildman–Crippen LogP) is 2.83. The molecule has 3 rings (SSSR count). The number of rotatable bonds is 4. The minimum Gasteiger partial charge on any atom is -0.311 e. The van der Waals surface area contributed by atoms with Gasteiger partial charge in [0.2, 0.25) is 5.91 Å². The summed E-state index contributed by atoms with van der Waals surface area (Å²) in [7, 11) is 0. The van der Waals surface area contributed by atoms with Crippen molar-refractivity contribution in [3.05, 3.63) is 64.3 Å². The van der Waals surface area contributed by atoms with Gasteiger partial charge in [-0.15, -0.1) is 0 Å². The second-order valence-electron chi connectivity index (χ2n) is 5.65. The van der Waals surface area contributed by atoms with Gasteiger partial charge in [0.25, 0.3) is 0 Å². The number of imidazole rings is 1. The highest BCUT2D eigenvalue weighted by Crippen LogP contribution is 2.17. The molecule has 6 heteroatoms. The zero-order valence-corrected chi connectivity index (χ0v) is 13.5. The van der Waals surface area contributed by atoms with Crippen LogP contribution in [0.25, 0.3) is 11.0 Å². The number of aryl methyl sites for hydroxylation is 1. The fraction of sp³-hybridized carbons (Fsp3) is 0.222. The lowest BCUT2D eigenvalue weighted by Crippen LogP contribution is -2.36. The molecule has 0 aliphatic heterocycles. The molecule has 1 amide bonds. The zero-order chi connectivity index (χ0) is 17.3. The van der Waals surface area contributed by atoms with Gasteiger partial charge in [0.15, 0.2) is 0 Å². The van der Waals surface area contributed by atoms with E-state index in [0.717, 1.165) is 11.3 Å². The normalized spacial score (nSPS) is 11.0. The SMILES string of the molecule is CCN(C(=O)Cn1c(=O)[nH]c2cc(F)ccc21)c1cccc(C)c1. The second-order valence-corrected chi connectivity index (χ2v) is 5.65. The van der Waals surface area contributed by atoms with Crippen LogP contribution in [0, 0.1) is 12.7 Å². The van der Waals surface area contributed by atoms with Crippen molar-refractivity contribution in [3.63, 3.8) is 0 Å². The summed E-state index contributed by atoms with van der Waals surface area (Å²) in [5, 5.41) is 0. The number of carbonyl (C=O) groups excluding carboxylic acids is 1. The molecule has 1 aromatic heterocycles. The summed E-state index contributed by atoms with van der Waals surface area (Å²) in [5.41, 5.74) is 2.31. The van der Waals surface area contributed by atoms with Gasteiger partial charge >= 0.3 is 5.69 Å². The molecule has 0 atom stereocenters. The number of benzene rings is 2. The zero-order valence-electron chi connectivity index (χ0n) is 13.5. The molecule has 0 unspecified atom stereocenters. The molecule has 0 bridgehead atoms. The Labute approximate surface area is 138 Å². The molecule has 5 nitrogen and oxygen atoms in total. The number of nitrogens with one attached hydrogen (secondary N) is 1. The van der Waals surface area contributed by atoms with E-state index in [0.29, 0.717) is 17.6 Å². The number of aromatic amines is 1. The molecule has 2 aromatic carbocycles. The number of nitrogens with zero attached hydrogens (tertiary/aromatic N) is 2. The molecule has 3 aromatic rings. The van der Waals surface area contributed by atoms with Crippen LogP contribution in [0.3, 0.4) is 0 Å². The fourth-order valence-electron chi connectivity index (χ4n) is 2.81. The van der Waals surface area contributed by atoms with Crippen LogP contribution in [-0.4, -0.2) is 22.0 Å². The van der Waals surface area contributed by atoms with Crippen LogP contribution in [-0.2, 0) is 11.3 Å². The molecule has 0 fully saturated rings. The Morgan fingerprint density at radius 3 is 2.75 bits per heavy atom. The van der Waals surface area contributed by atoms with Crippen LogP contribution >= 0.6 is 0 Å². The molecule has 124 valence electrons. The lowest BCUT2D eigenvalue weighted by molar-refractivity contribution is -0.119. The van der Waals surface area contributed by atoms with Crippen molar-refractivity contribution in [3.8, 4) is 0 Å². The van der Waals surface area contributed by atoms with Gasteiger partial charge in [0.1, 0.15) is 12.4 Å². The van der Waals surface area contributed by atoms with Crippen molar-refractivity contribution in [2.24, 2.45) is 0 Å². The van der Waals surface area contributed by atoms with Crippen LogP contribution in [0.4, 0.5) is 10.1 Å². The van der Waals surface area contributed by atoms with E-state index in [-0.39, 0.29) is 12.5 Å². The summed E-state index contributed by atoms with van der Waals surface area (Å²) < 4.78 is 14.6. The maximum Gasteiger partial charge on any atom is 0.326 e. The number of likely N-dealkylation sites (N-methyl/N-ethyl adjacent to an activating group) is 1. The molecule has 24 heavy (non-hydrogen) atoms. The average molecular weight is 327 g/mol. The highest BCUT2D eigenvalue weighted by molar-refractivity contribution is 5.94. The lowest BCUT2D eigenvalue weighted by atomic mass is 10.2. The van der Waals surface area contributed by atoms with E-state index in [1.807, 2.05) is 38.1 Å². The smallest absolute Gasteiger partial charge is 0.311 e. The number of carbonyl (C=O) groups is 1. The molecule has 0 aliphatic rings. The summed E-state index contributed by atoms with van der Waals surface area (Å²) in [6, 6.07) is 11.7. The monoisotopic (exact) mass is 327 g/mol. The minimum atomic E-state index is -0.433. The second kappa shape index (κ2) is 6.31. The van der Waals surface area contributed by atoms with E-state index in [1.54, 1.807) is 4.90 Å². The lowest BCUT2D eigenvalue weighted by Gasteiger charge is -2.21. The largest absolute Gasteiger partial charge is 0.326 e. The Kier molecular flexibility index (Phi) is 4.20. The number of H-pyrrole nitrogens is 1. The average Bonchev–Trinajstić information content (AvgIpc) is 2.83. The topological polar surface area (TPSA) is 58.1 Å². The summed E-state index contributed by atoms with van der Waals surface area (Å²) in [4.78, 5) is 29.0. The maximum absolute atomic E-state index is 13.3. The van der Waals surface area contributed by atoms with Crippen molar-refractivity contribution in [1.29, 1.82) is 0 Å². The molecule has 0 saturated carbocycles. The standard InChI is InChI=1S/C18H18FN3O2/c1-3-21(14-6-4-5-12(2)9-14)17(23)11-22-16-8-7-13(19)10-15(16)20-18(22)24/h4-10H,3,11H2,1-2H3,(H,20,24). The molecular weight excluding hydrogens is 309 g/mol. The molecule has 0 saturated heterocycles. The first-order valence-electron chi connectivity index (χ1n) is 7.74. The predicted molar refractivity (Wildman–Crippen MR) is 91.7 cm³/mol. The molecule has 0 radical (unpaired) electrons. The Hall–Kier alpha value is -2.89. The number of fused-ring (bicyclic) bond motifs is 1. The first kappa shape index (κ1) is 16.0. The van der Waals surface area contributed by atoms with Crippen molar-refractivity contribution < 1.29 is 9.18 Å². The fourth-order valence-corrected chi connectivity index (χ4v) is 2.81. The Morgan fingerprint density at radius 2 is 2.04 bits per heavy atom. The van der Waals surface area contributed by atoms with Crippen LogP contribution < -0.4 is 10.6 Å². The van der Waals surface area contributed by atoms with E-state index in [1.165, 1.54) is 22.8 Å². The first-order valence-corrected chi connectivity index (χ1v) is 7.74. The maximum atomic E-state index is 13.3. The highest BCUT2D eigenvalue weighted by atomic mass is 19.1. The third-order valence-corrected chi connectivity index (χ3v) is 3.96. The van der Waals surface area contributed by atoms with Gasteiger partial charge in [0, 0.05) is 12.2 Å². The van der Waals surface area contributed by atoms with E-state index < -0.39 is 11.5 Å². The quantitative estimate of drug-likeness (QED) is 0.801. The Bertz CT molecular complexity index is 958. The summed E-state index contributed by atoms with van der Waals surface area (Å²) >= 11 is 0. The number of hydrogen-bond donors (Lipinski definition) is 1. The number of anilines is 1. The van der Waals surface area contributed by atoms with Gasteiger partial charge in [-0.05, 0) is 49.7 Å². The van der Waals surface area contributed by atoms with E-state index >= 15 is 0 Å². The van der Waals surface area contributed by atoms with Crippen LogP contribution in [0.5, 0.6) is 0 Å². The van der Waals surface area contributed by atoms with Gasteiger partial charge in [0.05, 0.1) is 11.0 Å².